The summed E-state index contributed by atoms with van der Waals surface area (Å²) in [5, 5.41) is 0. The molecule has 1 aliphatic heterocycles. The second kappa shape index (κ2) is 4.94. The number of anilines is 1. The number of nitrogens with zero attached hydrogens (tertiary/aromatic N) is 2. The van der Waals surface area contributed by atoms with Gasteiger partial charge in [0.2, 0.25) is 0 Å². The van der Waals surface area contributed by atoms with Crippen LogP contribution in [0.1, 0.15) is 10.5 Å². The minimum Gasteiger partial charge on any atom is -0.464 e. The van der Waals surface area contributed by atoms with E-state index in [0.717, 1.165) is 32.0 Å². The van der Waals surface area contributed by atoms with Crippen LogP contribution in [0.15, 0.2) is 18.3 Å². The van der Waals surface area contributed by atoms with Gasteiger partial charge in [-0.15, -0.1) is 0 Å². The Hall–Kier alpha value is -1.62. The Morgan fingerprint density at radius 2 is 2.19 bits per heavy atom. The van der Waals surface area contributed by atoms with Gasteiger partial charge in [-0.05, 0) is 12.1 Å². The zero-order valence-electron chi connectivity index (χ0n) is 9.18. The largest absolute Gasteiger partial charge is 0.464 e. The van der Waals surface area contributed by atoms with Crippen molar-refractivity contribution in [1.29, 1.82) is 0 Å². The smallest absolute Gasteiger partial charge is 0.356 e. The maximum absolute atomic E-state index is 11.2. The van der Waals surface area contributed by atoms with E-state index in [4.69, 9.17) is 4.74 Å². The fourth-order valence-electron chi connectivity index (χ4n) is 1.62. The molecule has 2 heterocycles. The van der Waals surface area contributed by atoms with E-state index in [1.807, 2.05) is 6.07 Å². The molecule has 0 aromatic carbocycles. The standard InChI is InChI=1S/C11H14N2O3/c1-15-11(14)10-3-2-9(8-12-10)13-4-6-16-7-5-13/h2-3,8H,4-7H2,1H3. The third-order valence-corrected chi connectivity index (χ3v) is 2.52. The van der Waals surface area contributed by atoms with E-state index < -0.39 is 5.97 Å². The normalized spacial score (nSPS) is 15.9. The lowest BCUT2D eigenvalue weighted by Gasteiger charge is -2.28. The van der Waals surface area contributed by atoms with Crippen LogP contribution in [0.3, 0.4) is 0 Å². The highest BCUT2D eigenvalue weighted by Gasteiger charge is 2.12. The quantitative estimate of drug-likeness (QED) is 0.690. The Kier molecular flexibility index (Phi) is 3.36. The van der Waals surface area contributed by atoms with E-state index in [1.54, 1.807) is 12.3 Å². The fourth-order valence-corrected chi connectivity index (χ4v) is 1.62. The number of carbonyl (C=O) groups is 1. The predicted octanol–water partition coefficient (Wildman–Crippen LogP) is 0.705. The van der Waals surface area contributed by atoms with E-state index in [1.165, 1.54) is 7.11 Å². The SMILES string of the molecule is COC(=O)c1ccc(N2CCOCC2)cn1. The molecule has 1 aromatic rings. The molecule has 0 saturated carbocycles. The van der Waals surface area contributed by atoms with Gasteiger partial charge in [0.15, 0.2) is 0 Å². The van der Waals surface area contributed by atoms with Crippen molar-refractivity contribution in [3.63, 3.8) is 0 Å². The van der Waals surface area contributed by atoms with Gasteiger partial charge in [0, 0.05) is 13.1 Å². The van der Waals surface area contributed by atoms with E-state index in [2.05, 4.69) is 14.6 Å². The lowest BCUT2D eigenvalue weighted by Crippen LogP contribution is -2.36. The summed E-state index contributed by atoms with van der Waals surface area (Å²) in [7, 11) is 1.35. The number of hydrogen-bond donors (Lipinski definition) is 0. The van der Waals surface area contributed by atoms with Crippen LogP contribution in [0.2, 0.25) is 0 Å². The van der Waals surface area contributed by atoms with Crippen LogP contribution in [0.4, 0.5) is 5.69 Å². The van der Waals surface area contributed by atoms with Crippen molar-refractivity contribution in [2.24, 2.45) is 0 Å². The van der Waals surface area contributed by atoms with Crippen LogP contribution in [-0.2, 0) is 9.47 Å². The lowest BCUT2D eigenvalue weighted by molar-refractivity contribution is 0.0594. The Labute approximate surface area is 94.0 Å². The number of carbonyl (C=O) groups excluding carboxylic acids is 1. The van der Waals surface area contributed by atoms with Crippen LogP contribution in [-0.4, -0.2) is 44.4 Å². The van der Waals surface area contributed by atoms with Crippen LogP contribution in [0.5, 0.6) is 0 Å². The predicted molar refractivity (Wildman–Crippen MR) is 58.6 cm³/mol. The molecule has 0 unspecified atom stereocenters. The number of ether oxygens (including phenoxy) is 2. The van der Waals surface area contributed by atoms with Crippen molar-refractivity contribution < 1.29 is 14.3 Å². The van der Waals surface area contributed by atoms with Gasteiger partial charge in [0.1, 0.15) is 5.69 Å². The first-order valence-corrected chi connectivity index (χ1v) is 5.18. The average Bonchev–Trinajstić information content (AvgIpc) is 2.39. The summed E-state index contributed by atoms with van der Waals surface area (Å²) in [6.07, 6.45) is 1.69. The summed E-state index contributed by atoms with van der Waals surface area (Å²) in [4.78, 5) is 17.4. The van der Waals surface area contributed by atoms with Gasteiger partial charge in [0.25, 0.3) is 0 Å². The summed E-state index contributed by atoms with van der Waals surface area (Å²) < 4.78 is 9.85. The Balaban J connectivity index is 2.09. The summed E-state index contributed by atoms with van der Waals surface area (Å²) in [5.41, 5.74) is 1.34. The molecule has 86 valence electrons. The summed E-state index contributed by atoms with van der Waals surface area (Å²) >= 11 is 0. The topological polar surface area (TPSA) is 51.7 Å². The minimum absolute atomic E-state index is 0.333. The zero-order chi connectivity index (χ0) is 11.4. The Morgan fingerprint density at radius 1 is 1.44 bits per heavy atom. The van der Waals surface area contributed by atoms with E-state index in [-0.39, 0.29) is 0 Å². The molecule has 0 radical (unpaired) electrons. The Bertz CT molecular complexity index is 358. The van der Waals surface area contributed by atoms with Crippen molar-refractivity contribution in [2.45, 2.75) is 0 Å². The third-order valence-electron chi connectivity index (χ3n) is 2.52. The number of hydrogen-bond acceptors (Lipinski definition) is 5. The highest BCUT2D eigenvalue weighted by atomic mass is 16.5. The first kappa shape index (κ1) is 10.9. The summed E-state index contributed by atoms with van der Waals surface area (Å²) in [5.74, 6) is -0.409. The molecule has 1 fully saturated rings. The molecule has 2 rings (SSSR count). The van der Waals surface area contributed by atoms with Crippen molar-refractivity contribution in [1.82, 2.24) is 4.98 Å². The van der Waals surface area contributed by atoms with Gasteiger partial charge in [-0.25, -0.2) is 9.78 Å². The van der Waals surface area contributed by atoms with Crippen molar-refractivity contribution >= 4 is 11.7 Å². The molecule has 1 aromatic heterocycles. The fraction of sp³-hybridized carbons (Fsp3) is 0.455. The molecule has 5 nitrogen and oxygen atoms in total. The highest BCUT2D eigenvalue weighted by Crippen LogP contribution is 2.14. The minimum atomic E-state index is -0.409. The second-order valence-electron chi connectivity index (χ2n) is 3.49. The molecule has 0 spiro atoms. The van der Waals surface area contributed by atoms with Gasteiger partial charge in [-0.3, -0.25) is 0 Å². The van der Waals surface area contributed by atoms with E-state index in [0.29, 0.717) is 5.69 Å². The third kappa shape index (κ3) is 2.30. The van der Waals surface area contributed by atoms with Gasteiger partial charge < -0.3 is 14.4 Å². The number of methoxy groups -OCH3 is 1. The molecule has 1 aliphatic rings. The molecule has 1 saturated heterocycles. The zero-order valence-corrected chi connectivity index (χ0v) is 9.18. The van der Waals surface area contributed by atoms with Crippen molar-refractivity contribution in [2.75, 3.05) is 38.3 Å². The number of aromatic nitrogens is 1. The molecule has 0 atom stereocenters. The molecule has 0 amide bonds. The molecular formula is C11H14N2O3. The molecule has 0 N–H and O–H groups in total. The van der Waals surface area contributed by atoms with Gasteiger partial charge >= 0.3 is 5.97 Å². The maximum Gasteiger partial charge on any atom is 0.356 e. The molecule has 16 heavy (non-hydrogen) atoms. The Morgan fingerprint density at radius 3 is 2.75 bits per heavy atom. The van der Waals surface area contributed by atoms with Crippen LogP contribution >= 0.6 is 0 Å². The van der Waals surface area contributed by atoms with Crippen LogP contribution in [0.25, 0.3) is 0 Å². The number of morpholine rings is 1. The van der Waals surface area contributed by atoms with Crippen molar-refractivity contribution in [3.05, 3.63) is 24.0 Å². The van der Waals surface area contributed by atoms with Gasteiger partial charge in [0.05, 0.1) is 32.2 Å². The van der Waals surface area contributed by atoms with Crippen LogP contribution in [0, 0.1) is 0 Å². The van der Waals surface area contributed by atoms with Crippen molar-refractivity contribution in [3.8, 4) is 0 Å². The highest BCUT2D eigenvalue weighted by molar-refractivity contribution is 5.87. The number of pyridine rings is 1. The lowest BCUT2D eigenvalue weighted by atomic mass is 10.3. The maximum atomic E-state index is 11.2. The van der Waals surface area contributed by atoms with E-state index in [9.17, 15) is 4.79 Å². The molecule has 5 heteroatoms. The first-order valence-electron chi connectivity index (χ1n) is 5.18. The van der Waals surface area contributed by atoms with Crippen LogP contribution < -0.4 is 4.90 Å². The van der Waals surface area contributed by atoms with E-state index >= 15 is 0 Å². The number of esters is 1. The summed E-state index contributed by atoms with van der Waals surface area (Å²) in [6, 6.07) is 3.56. The first-order chi connectivity index (χ1) is 7.81. The molecule has 0 aliphatic carbocycles. The van der Waals surface area contributed by atoms with Gasteiger partial charge in [-0.2, -0.15) is 0 Å². The molecular weight excluding hydrogens is 208 g/mol. The molecule has 0 bridgehead atoms. The van der Waals surface area contributed by atoms with Gasteiger partial charge in [-0.1, -0.05) is 0 Å². The monoisotopic (exact) mass is 222 g/mol. The second-order valence-corrected chi connectivity index (χ2v) is 3.49. The average molecular weight is 222 g/mol. The number of rotatable bonds is 2. The summed E-state index contributed by atoms with van der Waals surface area (Å²) in [6.45, 7) is 3.19.